The Hall–Kier alpha value is -1.76. The number of hydrogen-bond acceptors (Lipinski definition) is 4. The van der Waals surface area contributed by atoms with Crippen LogP contribution in [0.15, 0.2) is 12.3 Å². The third-order valence-corrected chi connectivity index (χ3v) is 2.06. The number of ether oxygens (including phenoxy) is 1. The molecule has 0 atom stereocenters. The SMILES string of the molecule is CNc1cc(OC2CC2)cnc1C#N. The lowest BCUT2D eigenvalue weighted by atomic mass is 10.3. The van der Waals surface area contributed by atoms with E-state index < -0.39 is 0 Å². The van der Waals surface area contributed by atoms with Crippen LogP contribution in [0.25, 0.3) is 0 Å². The molecule has 0 aromatic carbocycles. The second kappa shape index (κ2) is 3.54. The van der Waals surface area contributed by atoms with Gasteiger partial charge in [-0.3, -0.25) is 0 Å². The molecule has 0 amide bonds. The summed E-state index contributed by atoms with van der Waals surface area (Å²) >= 11 is 0. The van der Waals surface area contributed by atoms with Gasteiger partial charge in [0.2, 0.25) is 0 Å². The Morgan fingerprint density at radius 3 is 3.00 bits per heavy atom. The number of pyridine rings is 1. The van der Waals surface area contributed by atoms with Crippen molar-refractivity contribution in [2.45, 2.75) is 18.9 Å². The average Bonchev–Trinajstić information content (AvgIpc) is 3.01. The lowest BCUT2D eigenvalue weighted by Crippen LogP contribution is -2.00. The molecule has 0 unspecified atom stereocenters. The van der Waals surface area contributed by atoms with Crippen LogP contribution in [-0.2, 0) is 0 Å². The zero-order valence-electron chi connectivity index (χ0n) is 7.95. The summed E-state index contributed by atoms with van der Waals surface area (Å²) in [5.74, 6) is 0.732. The Labute approximate surface area is 82.5 Å². The maximum absolute atomic E-state index is 8.74. The monoisotopic (exact) mass is 189 g/mol. The molecule has 14 heavy (non-hydrogen) atoms. The van der Waals surface area contributed by atoms with Crippen molar-refractivity contribution in [3.05, 3.63) is 18.0 Å². The first kappa shape index (κ1) is 8.82. The van der Waals surface area contributed by atoms with Crippen molar-refractivity contribution in [3.8, 4) is 11.8 Å². The first-order valence-electron chi connectivity index (χ1n) is 4.58. The van der Waals surface area contributed by atoms with Gasteiger partial charge in [-0.2, -0.15) is 5.26 Å². The van der Waals surface area contributed by atoms with Crippen LogP contribution in [0.1, 0.15) is 18.5 Å². The predicted octanol–water partition coefficient (Wildman–Crippen LogP) is 1.54. The van der Waals surface area contributed by atoms with Gasteiger partial charge in [-0.1, -0.05) is 0 Å². The number of aromatic nitrogens is 1. The number of hydrogen-bond donors (Lipinski definition) is 1. The fraction of sp³-hybridized carbons (Fsp3) is 0.400. The predicted molar refractivity (Wildman–Crippen MR) is 52.1 cm³/mol. The molecule has 1 aliphatic carbocycles. The molecule has 0 bridgehead atoms. The van der Waals surface area contributed by atoms with Crippen molar-refractivity contribution >= 4 is 5.69 Å². The molecule has 1 N–H and O–H groups in total. The van der Waals surface area contributed by atoms with Crippen LogP contribution in [0.4, 0.5) is 5.69 Å². The second-order valence-electron chi connectivity index (χ2n) is 3.25. The zero-order valence-corrected chi connectivity index (χ0v) is 7.95. The first-order valence-corrected chi connectivity index (χ1v) is 4.58. The average molecular weight is 189 g/mol. The molecule has 0 aliphatic heterocycles. The largest absolute Gasteiger partial charge is 0.489 e. The summed E-state index contributed by atoms with van der Waals surface area (Å²) < 4.78 is 5.56. The van der Waals surface area contributed by atoms with E-state index in [0.717, 1.165) is 18.6 Å². The quantitative estimate of drug-likeness (QED) is 0.783. The molecule has 1 saturated carbocycles. The molecule has 1 heterocycles. The van der Waals surface area contributed by atoms with E-state index in [4.69, 9.17) is 10.00 Å². The van der Waals surface area contributed by atoms with E-state index in [9.17, 15) is 0 Å². The molecule has 0 saturated heterocycles. The number of nitrogens with one attached hydrogen (secondary N) is 1. The Kier molecular flexibility index (Phi) is 2.23. The third kappa shape index (κ3) is 1.77. The Morgan fingerprint density at radius 1 is 1.64 bits per heavy atom. The summed E-state index contributed by atoms with van der Waals surface area (Å²) in [5, 5.41) is 11.7. The zero-order chi connectivity index (χ0) is 9.97. The Bertz CT molecular complexity index is 379. The lowest BCUT2D eigenvalue weighted by Gasteiger charge is -2.06. The van der Waals surface area contributed by atoms with Gasteiger partial charge in [0.25, 0.3) is 0 Å². The van der Waals surface area contributed by atoms with E-state index in [1.54, 1.807) is 13.2 Å². The second-order valence-corrected chi connectivity index (χ2v) is 3.25. The minimum absolute atomic E-state index is 0.356. The molecule has 1 aromatic heterocycles. The molecule has 0 spiro atoms. The number of anilines is 1. The first-order chi connectivity index (χ1) is 6.83. The van der Waals surface area contributed by atoms with Crippen LogP contribution in [-0.4, -0.2) is 18.1 Å². The van der Waals surface area contributed by atoms with Gasteiger partial charge in [-0.25, -0.2) is 4.98 Å². The lowest BCUT2D eigenvalue weighted by molar-refractivity contribution is 0.302. The molecule has 1 aliphatic rings. The van der Waals surface area contributed by atoms with Gasteiger partial charge < -0.3 is 10.1 Å². The summed E-state index contributed by atoms with van der Waals surface area (Å²) in [6.07, 6.45) is 4.19. The van der Waals surface area contributed by atoms with Crippen molar-refractivity contribution < 1.29 is 4.74 Å². The van der Waals surface area contributed by atoms with Crippen molar-refractivity contribution in [2.75, 3.05) is 12.4 Å². The van der Waals surface area contributed by atoms with Crippen molar-refractivity contribution in [1.29, 1.82) is 5.26 Å². The van der Waals surface area contributed by atoms with Crippen molar-refractivity contribution in [1.82, 2.24) is 4.98 Å². The van der Waals surface area contributed by atoms with E-state index in [2.05, 4.69) is 10.3 Å². The number of rotatable bonds is 3. The summed E-state index contributed by atoms with van der Waals surface area (Å²) in [4.78, 5) is 4.00. The van der Waals surface area contributed by atoms with Crippen molar-refractivity contribution in [3.63, 3.8) is 0 Å². The van der Waals surface area contributed by atoms with Gasteiger partial charge in [0.15, 0.2) is 5.69 Å². The van der Waals surface area contributed by atoms with Crippen LogP contribution in [0.5, 0.6) is 5.75 Å². The molecule has 72 valence electrons. The van der Waals surface area contributed by atoms with Crippen LogP contribution < -0.4 is 10.1 Å². The fourth-order valence-corrected chi connectivity index (χ4v) is 1.17. The highest BCUT2D eigenvalue weighted by Crippen LogP contribution is 2.28. The van der Waals surface area contributed by atoms with E-state index in [1.165, 1.54) is 0 Å². The standard InChI is InChI=1S/C10H11N3O/c1-12-9-4-8(14-7-2-3-7)6-13-10(9)5-11/h4,6-7,12H,2-3H2,1H3. The molecule has 4 heteroatoms. The molecular weight excluding hydrogens is 178 g/mol. The highest BCUT2D eigenvalue weighted by Gasteiger charge is 2.23. The van der Waals surface area contributed by atoms with Gasteiger partial charge in [0.1, 0.15) is 11.8 Å². The third-order valence-electron chi connectivity index (χ3n) is 2.06. The van der Waals surface area contributed by atoms with Crippen LogP contribution in [0, 0.1) is 11.3 Å². The highest BCUT2D eigenvalue weighted by molar-refractivity contribution is 5.56. The topological polar surface area (TPSA) is 57.9 Å². The minimum atomic E-state index is 0.356. The number of nitriles is 1. The summed E-state index contributed by atoms with van der Waals surface area (Å²) in [6.45, 7) is 0. The van der Waals surface area contributed by atoms with E-state index >= 15 is 0 Å². The van der Waals surface area contributed by atoms with Gasteiger partial charge in [0, 0.05) is 13.1 Å². The normalized spacial score (nSPS) is 14.6. The van der Waals surface area contributed by atoms with E-state index in [0.29, 0.717) is 17.5 Å². The highest BCUT2D eigenvalue weighted by atomic mass is 16.5. The minimum Gasteiger partial charge on any atom is -0.489 e. The summed E-state index contributed by atoms with van der Waals surface area (Å²) in [5.41, 5.74) is 1.11. The Morgan fingerprint density at radius 2 is 2.43 bits per heavy atom. The number of nitrogens with zero attached hydrogens (tertiary/aromatic N) is 2. The Balaban J connectivity index is 2.22. The fourth-order valence-electron chi connectivity index (χ4n) is 1.17. The molecular formula is C10H11N3O. The van der Waals surface area contributed by atoms with Crippen molar-refractivity contribution in [2.24, 2.45) is 0 Å². The van der Waals surface area contributed by atoms with Crippen LogP contribution in [0.2, 0.25) is 0 Å². The van der Waals surface area contributed by atoms with Crippen LogP contribution >= 0.6 is 0 Å². The summed E-state index contributed by atoms with van der Waals surface area (Å²) in [7, 11) is 1.76. The molecule has 2 rings (SSSR count). The molecule has 1 aromatic rings. The summed E-state index contributed by atoms with van der Waals surface area (Å²) in [6, 6.07) is 3.82. The molecule has 1 fully saturated rings. The molecule has 0 radical (unpaired) electrons. The maximum Gasteiger partial charge on any atom is 0.163 e. The van der Waals surface area contributed by atoms with Gasteiger partial charge in [-0.15, -0.1) is 0 Å². The van der Waals surface area contributed by atoms with E-state index in [-0.39, 0.29) is 0 Å². The van der Waals surface area contributed by atoms with Gasteiger partial charge >= 0.3 is 0 Å². The van der Waals surface area contributed by atoms with Gasteiger partial charge in [0.05, 0.1) is 18.0 Å². The molecule has 4 nitrogen and oxygen atoms in total. The van der Waals surface area contributed by atoms with Gasteiger partial charge in [-0.05, 0) is 12.8 Å². The van der Waals surface area contributed by atoms with Crippen LogP contribution in [0.3, 0.4) is 0 Å². The maximum atomic E-state index is 8.74. The van der Waals surface area contributed by atoms with E-state index in [1.807, 2.05) is 12.1 Å². The smallest absolute Gasteiger partial charge is 0.163 e.